The molecule has 0 amide bonds. The van der Waals surface area contributed by atoms with Crippen LogP contribution in [0, 0.1) is 0 Å². The predicted molar refractivity (Wildman–Crippen MR) is 408 cm³/mol. The third-order valence-corrected chi connectivity index (χ3v) is 17.2. The fourth-order valence-electron chi connectivity index (χ4n) is 11.5. The number of carbonyl (C=O) groups is 3. The van der Waals surface area contributed by atoms with Gasteiger partial charge in [-0.1, -0.05) is 414 Å². The first kappa shape index (κ1) is 85.2. The van der Waals surface area contributed by atoms with Gasteiger partial charge in [-0.15, -0.1) is 0 Å². The summed E-state index contributed by atoms with van der Waals surface area (Å²) in [4.78, 5) is 38.6. The van der Waals surface area contributed by atoms with E-state index in [1.54, 1.807) is 18.2 Å². The van der Waals surface area contributed by atoms with Crippen LogP contribution in [0.15, 0.2) is 217 Å². The van der Waals surface area contributed by atoms with E-state index < -0.39 is 0 Å². The van der Waals surface area contributed by atoms with Crippen molar-refractivity contribution in [1.82, 2.24) is 0 Å². The Kier molecular flexibility index (Phi) is 54.3. The molecule has 5 heteroatoms. The van der Waals surface area contributed by atoms with Crippen molar-refractivity contribution < 1.29 is 55.2 Å². The molecule has 6 aromatic carbocycles. The summed E-state index contributed by atoms with van der Waals surface area (Å²) in [7, 11) is 0. The fourth-order valence-corrected chi connectivity index (χ4v) is 11.5. The van der Waals surface area contributed by atoms with Gasteiger partial charge in [-0.05, 0) is 108 Å². The van der Waals surface area contributed by atoms with Crippen LogP contribution in [-0.4, -0.2) is 17.3 Å². The van der Waals surface area contributed by atoms with E-state index in [0.717, 1.165) is 88.6 Å². The number of allylic oxidation sites excluding steroid dienone is 6. The molecule has 0 aliphatic heterocycles. The van der Waals surface area contributed by atoms with E-state index >= 15 is 0 Å². The molecular weight excluding hydrogens is 1340 g/mol. The van der Waals surface area contributed by atoms with Gasteiger partial charge in [0, 0.05) is 57.6 Å². The van der Waals surface area contributed by atoms with E-state index in [1.165, 1.54) is 193 Å². The molecule has 0 N–H and O–H groups in total. The van der Waals surface area contributed by atoms with Crippen molar-refractivity contribution in [3.05, 3.63) is 250 Å². The zero-order valence-electron chi connectivity index (χ0n) is 58.8. The molecule has 0 heterocycles. The van der Waals surface area contributed by atoms with Gasteiger partial charge in [-0.2, -0.15) is 0 Å². The number of benzene rings is 6. The van der Waals surface area contributed by atoms with E-state index in [2.05, 4.69) is 75.4 Å². The Morgan fingerprint density at radius 1 is 0.221 bits per heavy atom. The molecule has 0 saturated carbocycles. The summed E-state index contributed by atoms with van der Waals surface area (Å²) in [6, 6.07) is 60.6. The molecule has 0 fully saturated rings. The molecular formula is C90H120O3Pd2. The molecule has 0 atom stereocenters. The molecule has 0 saturated heterocycles. The Morgan fingerprint density at radius 2 is 0.379 bits per heavy atom. The van der Waals surface area contributed by atoms with Crippen molar-refractivity contribution in [2.24, 2.45) is 0 Å². The van der Waals surface area contributed by atoms with Crippen LogP contribution in [0.5, 0.6) is 0 Å². The minimum atomic E-state index is 0. The normalized spacial score (nSPS) is 11.6. The third kappa shape index (κ3) is 45.3. The second kappa shape index (κ2) is 60.5. The van der Waals surface area contributed by atoms with Crippen molar-refractivity contribution in [3.8, 4) is 0 Å². The molecule has 0 unspecified atom stereocenters. The fraction of sp³-hybridized carbons (Fsp3) is 0.433. The molecule has 0 spiro atoms. The smallest absolute Gasteiger partial charge is 0.181 e. The number of unbranched alkanes of at least 4 members (excludes halogenated alkanes) is 30. The molecule has 0 aliphatic carbocycles. The maximum absolute atomic E-state index is 12.9. The van der Waals surface area contributed by atoms with Crippen LogP contribution >= 0.6 is 0 Å². The maximum Gasteiger partial charge on any atom is 0.181 e. The van der Waals surface area contributed by atoms with Gasteiger partial charge in [0.1, 0.15) is 0 Å². The molecule has 518 valence electrons. The molecule has 0 aliphatic rings. The van der Waals surface area contributed by atoms with Crippen LogP contribution < -0.4 is 0 Å². The van der Waals surface area contributed by atoms with Gasteiger partial charge in [-0.3, -0.25) is 14.4 Å². The summed E-state index contributed by atoms with van der Waals surface area (Å²) in [5.41, 5.74) is 9.21. The number of hydrogen-bond acceptors (Lipinski definition) is 3. The molecule has 6 aromatic rings. The summed E-state index contributed by atoms with van der Waals surface area (Å²) in [6.07, 6.45) is 63.3. The van der Waals surface area contributed by atoms with E-state index in [4.69, 9.17) is 0 Å². The largest absolute Gasteiger partial charge is 0.290 e. The second-order valence-corrected chi connectivity index (χ2v) is 25.4. The average Bonchev–Trinajstić information content (AvgIpc) is 1.80. The quantitative estimate of drug-likeness (QED) is 0.0217. The standard InChI is InChI=1S/3C30H40O.2Pd/c3*1-2-3-4-5-6-7-8-9-10-11-18-23-29(26-28-21-16-13-17-22-28)30(31)25-24-27-19-14-12-15-20-27;;/h3*12-17,19-22,24-26H,2-11,18,23H2,1H3;;. The summed E-state index contributed by atoms with van der Waals surface area (Å²) in [6.45, 7) is 6.81. The first-order valence-corrected chi connectivity index (χ1v) is 37.0. The molecule has 0 radical (unpaired) electrons. The Hall–Kier alpha value is -5.91. The van der Waals surface area contributed by atoms with Crippen molar-refractivity contribution >= 4 is 53.8 Å². The molecule has 3 nitrogen and oxygen atoms in total. The van der Waals surface area contributed by atoms with E-state index in [9.17, 15) is 14.4 Å². The van der Waals surface area contributed by atoms with Crippen LogP contribution in [0.4, 0.5) is 0 Å². The average molecular weight is 1460 g/mol. The van der Waals surface area contributed by atoms with Crippen LogP contribution in [0.1, 0.15) is 285 Å². The summed E-state index contributed by atoms with van der Waals surface area (Å²) >= 11 is 0. The first-order chi connectivity index (χ1) is 45.9. The predicted octanol–water partition coefficient (Wildman–Crippen LogP) is 27.2. The van der Waals surface area contributed by atoms with Crippen LogP contribution in [0.3, 0.4) is 0 Å². The zero-order chi connectivity index (χ0) is 66.0. The van der Waals surface area contributed by atoms with E-state index in [-0.39, 0.29) is 58.2 Å². The van der Waals surface area contributed by atoms with Gasteiger partial charge in [0.05, 0.1) is 0 Å². The molecule has 6 rings (SSSR count). The topological polar surface area (TPSA) is 51.2 Å². The number of hydrogen-bond donors (Lipinski definition) is 0. The Bertz CT molecular complexity index is 2650. The van der Waals surface area contributed by atoms with E-state index in [1.807, 2.05) is 164 Å². The van der Waals surface area contributed by atoms with Gasteiger partial charge < -0.3 is 0 Å². The van der Waals surface area contributed by atoms with Crippen molar-refractivity contribution in [2.75, 3.05) is 0 Å². The summed E-state index contributed by atoms with van der Waals surface area (Å²) in [5, 5.41) is 0. The molecule has 95 heavy (non-hydrogen) atoms. The Balaban J connectivity index is 0.000000480. The zero-order valence-corrected chi connectivity index (χ0v) is 61.9. The molecule has 0 aromatic heterocycles. The van der Waals surface area contributed by atoms with Crippen molar-refractivity contribution in [1.29, 1.82) is 0 Å². The maximum atomic E-state index is 12.9. The van der Waals surface area contributed by atoms with Crippen molar-refractivity contribution in [2.45, 2.75) is 252 Å². The van der Waals surface area contributed by atoms with E-state index in [0.29, 0.717) is 0 Å². The van der Waals surface area contributed by atoms with Gasteiger partial charge in [-0.25, -0.2) is 0 Å². The number of carbonyl (C=O) groups excluding carboxylic acids is 3. The second-order valence-electron chi connectivity index (χ2n) is 25.4. The number of rotatable bonds is 48. The SMILES string of the molecule is CCCCCCCCCCCCCC(=Cc1ccccc1)C(=O)C=Cc1ccccc1.CCCCCCCCCCCCCC(=Cc1ccccc1)C(=O)C=Cc1ccccc1.CCCCCCCCCCCCCC(=Cc1ccccc1)C(=O)C=Cc1ccccc1.[Pd].[Pd]. The minimum Gasteiger partial charge on any atom is -0.290 e. The minimum absolute atomic E-state index is 0. The Labute approximate surface area is 606 Å². The summed E-state index contributed by atoms with van der Waals surface area (Å²) in [5.74, 6) is 0.374. The first-order valence-electron chi connectivity index (χ1n) is 37.0. The third-order valence-electron chi connectivity index (χ3n) is 17.2. The Morgan fingerprint density at radius 3 is 0.558 bits per heavy atom. The summed E-state index contributed by atoms with van der Waals surface area (Å²) < 4.78 is 0. The van der Waals surface area contributed by atoms with Crippen LogP contribution in [0.25, 0.3) is 36.5 Å². The van der Waals surface area contributed by atoms with Crippen LogP contribution in [-0.2, 0) is 55.2 Å². The monoisotopic (exact) mass is 1460 g/mol. The van der Waals surface area contributed by atoms with Crippen molar-refractivity contribution in [3.63, 3.8) is 0 Å². The van der Waals surface area contributed by atoms with Gasteiger partial charge >= 0.3 is 0 Å². The van der Waals surface area contributed by atoms with Crippen LogP contribution in [0.2, 0.25) is 0 Å². The van der Waals surface area contributed by atoms with Gasteiger partial charge in [0.2, 0.25) is 0 Å². The van der Waals surface area contributed by atoms with Gasteiger partial charge in [0.15, 0.2) is 17.3 Å². The number of ketones is 3. The van der Waals surface area contributed by atoms with Gasteiger partial charge in [0.25, 0.3) is 0 Å². The molecule has 0 bridgehead atoms.